The van der Waals surface area contributed by atoms with E-state index in [2.05, 4.69) is 20.6 Å². The zero-order chi connectivity index (χ0) is 21.3. The van der Waals surface area contributed by atoms with Crippen LogP contribution in [0.2, 0.25) is 10.2 Å². The third-order valence-corrected chi connectivity index (χ3v) is 6.08. The van der Waals surface area contributed by atoms with E-state index in [9.17, 15) is 4.79 Å². The monoisotopic (exact) mass is 457 g/mol. The van der Waals surface area contributed by atoms with Crippen molar-refractivity contribution in [3.05, 3.63) is 81.1 Å². The van der Waals surface area contributed by atoms with E-state index in [-0.39, 0.29) is 11.1 Å². The van der Waals surface area contributed by atoms with Crippen molar-refractivity contribution in [2.24, 2.45) is 0 Å². The molecule has 4 rings (SSSR count). The van der Waals surface area contributed by atoms with Crippen LogP contribution in [0.25, 0.3) is 10.6 Å². The van der Waals surface area contributed by atoms with Crippen molar-refractivity contribution in [3.63, 3.8) is 0 Å². The summed E-state index contributed by atoms with van der Waals surface area (Å²) < 4.78 is 1.62. The number of halogens is 2. The zero-order valence-electron chi connectivity index (χ0n) is 16.2. The summed E-state index contributed by atoms with van der Waals surface area (Å²) in [6.45, 7) is 4.26. The standard InChI is InChI=1S/C21H17Cl2N5OS/c1-12-7-9-14(10-8-12)11-28-18(23)17(13(2)27-28)19(29)24-21-26-25-20(30-21)15-5-3-4-6-16(15)22/h3-10H,11H2,1-2H3,(H,24,26,29). The fourth-order valence-electron chi connectivity index (χ4n) is 2.96. The predicted octanol–water partition coefficient (Wildman–Crippen LogP) is 5.63. The first-order chi connectivity index (χ1) is 14.4. The van der Waals surface area contributed by atoms with Crippen LogP contribution in [0, 0.1) is 13.8 Å². The molecule has 0 atom stereocenters. The summed E-state index contributed by atoms with van der Waals surface area (Å²) >= 11 is 13.9. The molecule has 0 aliphatic rings. The number of aryl methyl sites for hydroxylation is 2. The number of hydrogen-bond acceptors (Lipinski definition) is 5. The van der Waals surface area contributed by atoms with Crippen LogP contribution < -0.4 is 5.32 Å². The van der Waals surface area contributed by atoms with Crippen molar-refractivity contribution >= 4 is 45.6 Å². The average Bonchev–Trinajstić information content (AvgIpc) is 3.28. The largest absolute Gasteiger partial charge is 0.296 e. The highest BCUT2D eigenvalue weighted by atomic mass is 35.5. The molecule has 0 radical (unpaired) electrons. The Morgan fingerprint density at radius 1 is 1.07 bits per heavy atom. The lowest BCUT2D eigenvalue weighted by Gasteiger charge is -2.05. The van der Waals surface area contributed by atoms with Crippen molar-refractivity contribution in [3.8, 4) is 10.6 Å². The number of benzene rings is 2. The van der Waals surface area contributed by atoms with E-state index in [0.717, 1.165) is 11.1 Å². The number of nitrogens with zero attached hydrogens (tertiary/aromatic N) is 4. The van der Waals surface area contributed by atoms with Gasteiger partial charge in [-0.3, -0.25) is 10.1 Å². The molecule has 0 spiro atoms. The highest BCUT2D eigenvalue weighted by molar-refractivity contribution is 7.18. The highest BCUT2D eigenvalue weighted by Crippen LogP contribution is 2.32. The number of carbonyl (C=O) groups excluding carboxylic acids is 1. The van der Waals surface area contributed by atoms with Gasteiger partial charge in [-0.2, -0.15) is 5.10 Å². The quantitative estimate of drug-likeness (QED) is 0.421. The summed E-state index contributed by atoms with van der Waals surface area (Å²) in [5.74, 6) is -0.380. The highest BCUT2D eigenvalue weighted by Gasteiger charge is 2.22. The van der Waals surface area contributed by atoms with Crippen molar-refractivity contribution in [1.82, 2.24) is 20.0 Å². The first-order valence-corrected chi connectivity index (χ1v) is 10.7. The van der Waals surface area contributed by atoms with Gasteiger partial charge in [0.15, 0.2) is 5.01 Å². The molecule has 0 saturated heterocycles. The molecule has 0 aliphatic heterocycles. The summed E-state index contributed by atoms with van der Waals surface area (Å²) in [6, 6.07) is 15.4. The van der Waals surface area contributed by atoms with Gasteiger partial charge in [-0.1, -0.05) is 82.6 Å². The summed E-state index contributed by atoms with van der Waals surface area (Å²) in [6.07, 6.45) is 0. The van der Waals surface area contributed by atoms with Gasteiger partial charge < -0.3 is 0 Å². The SMILES string of the molecule is Cc1ccc(Cn2nc(C)c(C(=O)Nc3nnc(-c4ccccc4Cl)s3)c2Cl)cc1. The molecule has 1 N–H and O–H groups in total. The fraction of sp³-hybridized carbons (Fsp3) is 0.143. The Morgan fingerprint density at radius 3 is 2.53 bits per heavy atom. The molecule has 0 bridgehead atoms. The Morgan fingerprint density at radius 2 is 1.80 bits per heavy atom. The first-order valence-electron chi connectivity index (χ1n) is 9.10. The van der Waals surface area contributed by atoms with Gasteiger partial charge in [-0.05, 0) is 25.5 Å². The lowest BCUT2D eigenvalue weighted by atomic mass is 10.1. The maximum atomic E-state index is 12.8. The normalized spacial score (nSPS) is 10.9. The van der Waals surface area contributed by atoms with Crippen LogP contribution in [0.5, 0.6) is 0 Å². The third-order valence-electron chi connectivity index (χ3n) is 4.50. The summed E-state index contributed by atoms with van der Waals surface area (Å²) in [5, 5.41) is 17.2. The molecule has 2 aromatic heterocycles. The Hall–Kier alpha value is -2.74. The Balaban J connectivity index is 1.53. The van der Waals surface area contributed by atoms with Gasteiger partial charge in [0, 0.05) is 5.56 Å². The van der Waals surface area contributed by atoms with Crippen LogP contribution in [0.15, 0.2) is 48.5 Å². The molecule has 9 heteroatoms. The molecule has 152 valence electrons. The topological polar surface area (TPSA) is 72.7 Å². The van der Waals surface area contributed by atoms with E-state index >= 15 is 0 Å². The van der Waals surface area contributed by atoms with Crippen molar-refractivity contribution in [2.75, 3.05) is 5.32 Å². The molecule has 0 unspecified atom stereocenters. The lowest BCUT2D eigenvalue weighted by molar-refractivity contribution is 0.102. The molecule has 2 aromatic carbocycles. The molecule has 6 nitrogen and oxygen atoms in total. The molecule has 4 aromatic rings. The number of hydrogen-bond donors (Lipinski definition) is 1. The second-order valence-corrected chi connectivity index (χ2v) is 8.48. The van der Waals surface area contributed by atoms with Crippen LogP contribution in [0.4, 0.5) is 5.13 Å². The van der Waals surface area contributed by atoms with Crippen LogP contribution in [-0.4, -0.2) is 25.9 Å². The second kappa shape index (κ2) is 8.55. The number of carbonyl (C=O) groups is 1. The summed E-state index contributed by atoms with van der Waals surface area (Å²) in [5.41, 5.74) is 3.84. The fourth-order valence-corrected chi connectivity index (χ4v) is 4.34. The van der Waals surface area contributed by atoms with Gasteiger partial charge >= 0.3 is 0 Å². The Kier molecular flexibility index (Phi) is 5.85. The maximum Gasteiger partial charge on any atom is 0.262 e. The molecule has 0 fully saturated rings. The van der Waals surface area contributed by atoms with Gasteiger partial charge in [-0.15, -0.1) is 10.2 Å². The molecule has 30 heavy (non-hydrogen) atoms. The summed E-state index contributed by atoms with van der Waals surface area (Å²) in [4.78, 5) is 12.8. The van der Waals surface area contributed by atoms with Gasteiger partial charge in [0.2, 0.25) is 5.13 Å². The first kappa shape index (κ1) is 20.5. The average molecular weight is 458 g/mol. The van der Waals surface area contributed by atoms with Crippen molar-refractivity contribution in [2.45, 2.75) is 20.4 Å². The summed E-state index contributed by atoms with van der Waals surface area (Å²) in [7, 11) is 0. The van der Waals surface area contributed by atoms with Gasteiger partial charge in [0.25, 0.3) is 5.91 Å². The number of anilines is 1. The van der Waals surface area contributed by atoms with E-state index in [0.29, 0.717) is 33.0 Å². The number of rotatable bonds is 5. The minimum atomic E-state index is -0.380. The van der Waals surface area contributed by atoms with Crippen LogP contribution in [0.1, 0.15) is 27.2 Å². The van der Waals surface area contributed by atoms with Gasteiger partial charge in [0.1, 0.15) is 5.15 Å². The van der Waals surface area contributed by atoms with Crippen molar-refractivity contribution < 1.29 is 4.79 Å². The number of aromatic nitrogens is 4. The Labute approximate surface area is 187 Å². The molecule has 0 saturated carbocycles. The van der Waals surface area contributed by atoms with E-state index in [1.807, 2.05) is 49.4 Å². The number of nitrogens with one attached hydrogen (secondary N) is 1. The predicted molar refractivity (Wildman–Crippen MR) is 121 cm³/mol. The smallest absolute Gasteiger partial charge is 0.262 e. The van der Waals surface area contributed by atoms with E-state index in [1.54, 1.807) is 17.7 Å². The van der Waals surface area contributed by atoms with Crippen molar-refractivity contribution in [1.29, 1.82) is 0 Å². The van der Waals surface area contributed by atoms with Crippen LogP contribution in [0.3, 0.4) is 0 Å². The molecule has 0 aliphatic carbocycles. The van der Waals surface area contributed by atoms with Crippen LogP contribution in [-0.2, 0) is 6.54 Å². The molecule has 1 amide bonds. The van der Waals surface area contributed by atoms with E-state index in [4.69, 9.17) is 23.2 Å². The Bertz CT molecular complexity index is 1220. The molecular weight excluding hydrogens is 441 g/mol. The van der Waals surface area contributed by atoms with Gasteiger partial charge in [0.05, 0.1) is 22.8 Å². The van der Waals surface area contributed by atoms with E-state index < -0.39 is 0 Å². The lowest BCUT2D eigenvalue weighted by Crippen LogP contribution is -2.13. The van der Waals surface area contributed by atoms with Gasteiger partial charge in [-0.25, -0.2) is 4.68 Å². The third kappa shape index (κ3) is 4.23. The minimum absolute atomic E-state index is 0.279. The molecular formula is C21H17Cl2N5OS. The van der Waals surface area contributed by atoms with E-state index in [1.165, 1.54) is 16.9 Å². The van der Waals surface area contributed by atoms with Crippen LogP contribution >= 0.6 is 34.5 Å². The second-order valence-electron chi connectivity index (χ2n) is 6.74. The maximum absolute atomic E-state index is 12.8. The zero-order valence-corrected chi connectivity index (χ0v) is 18.5. The molecule has 2 heterocycles. The minimum Gasteiger partial charge on any atom is -0.296 e. The number of amides is 1.